The quantitative estimate of drug-likeness (QED) is 0.784. The zero-order chi connectivity index (χ0) is 12.1. The first-order chi connectivity index (χ1) is 8.28. The third-order valence-electron chi connectivity index (χ3n) is 3.36. The number of methoxy groups -OCH3 is 1. The summed E-state index contributed by atoms with van der Waals surface area (Å²) < 4.78 is 10.4. The van der Waals surface area contributed by atoms with Crippen molar-refractivity contribution in [2.75, 3.05) is 20.3 Å². The Morgan fingerprint density at radius 2 is 2.35 bits per heavy atom. The normalized spacial score (nSPS) is 16.7. The first-order valence-electron chi connectivity index (χ1n) is 5.96. The molecule has 0 saturated heterocycles. The van der Waals surface area contributed by atoms with Crippen molar-refractivity contribution in [1.29, 1.82) is 5.26 Å². The number of ether oxygens (including phenoxy) is 1. The second-order valence-corrected chi connectivity index (χ2v) is 4.72. The Morgan fingerprint density at radius 3 is 2.94 bits per heavy atom. The molecule has 1 N–H and O–H groups in total. The van der Waals surface area contributed by atoms with E-state index in [1.54, 1.807) is 13.2 Å². The smallest absolute Gasteiger partial charge is 0.203 e. The topological polar surface area (TPSA) is 58.2 Å². The van der Waals surface area contributed by atoms with E-state index in [0.29, 0.717) is 17.7 Å². The lowest BCUT2D eigenvalue weighted by molar-refractivity contribution is 0.171. The molecule has 1 aromatic rings. The van der Waals surface area contributed by atoms with Crippen LogP contribution in [-0.2, 0) is 11.3 Å². The molecule has 0 radical (unpaired) electrons. The lowest BCUT2D eigenvalue weighted by Gasteiger charge is -2.14. The first kappa shape index (κ1) is 12.2. The van der Waals surface area contributed by atoms with E-state index < -0.39 is 0 Å². The summed E-state index contributed by atoms with van der Waals surface area (Å²) in [6.45, 7) is 2.52. The predicted octanol–water partition coefficient (Wildman–Crippen LogP) is 2.06. The molecule has 1 aromatic heterocycles. The molecule has 1 saturated carbocycles. The highest BCUT2D eigenvalue weighted by Gasteiger charge is 2.41. The number of nitrogens with zero attached hydrogens (tertiary/aromatic N) is 1. The molecule has 1 aliphatic rings. The van der Waals surface area contributed by atoms with E-state index in [1.807, 2.05) is 12.1 Å². The summed E-state index contributed by atoms with van der Waals surface area (Å²) >= 11 is 0. The van der Waals surface area contributed by atoms with E-state index in [2.05, 4.69) is 5.32 Å². The van der Waals surface area contributed by atoms with Crippen molar-refractivity contribution in [3.63, 3.8) is 0 Å². The highest BCUT2D eigenvalue weighted by molar-refractivity contribution is 5.19. The minimum absolute atomic E-state index is 0.377. The van der Waals surface area contributed by atoms with Gasteiger partial charge in [0.2, 0.25) is 5.76 Å². The van der Waals surface area contributed by atoms with Crippen LogP contribution in [0.4, 0.5) is 0 Å². The lowest BCUT2D eigenvalue weighted by Crippen LogP contribution is -2.24. The number of hydrogen-bond donors (Lipinski definition) is 1. The molecule has 0 aliphatic heterocycles. The summed E-state index contributed by atoms with van der Waals surface area (Å²) in [7, 11) is 1.75. The fraction of sp³-hybridized carbons (Fsp3) is 0.615. The molecule has 0 atom stereocenters. The fourth-order valence-electron chi connectivity index (χ4n) is 1.99. The standard InChI is InChI=1S/C13H18N2O2/c1-16-7-6-13(4-5-13)10-15-9-12-3-2-11(8-14)17-12/h2-3,15H,4-7,9-10H2,1H3. The SMILES string of the molecule is COCCC1(CNCc2ccc(C#N)o2)CC1. The Balaban J connectivity index is 1.71. The zero-order valence-electron chi connectivity index (χ0n) is 10.2. The molecule has 0 aromatic carbocycles. The molecule has 1 fully saturated rings. The molecule has 4 nitrogen and oxygen atoms in total. The molecule has 0 unspecified atom stereocenters. The van der Waals surface area contributed by atoms with Crippen molar-refractivity contribution in [2.45, 2.75) is 25.8 Å². The summed E-state index contributed by atoms with van der Waals surface area (Å²) in [5.41, 5.74) is 0.445. The average molecular weight is 234 g/mol. The number of rotatable bonds is 7. The van der Waals surface area contributed by atoms with Gasteiger partial charge in [-0.2, -0.15) is 5.26 Å². The second-order valence-electron chi connectivity index (χ2n) is 4.72. The maximum absolute atomic E-state index is 8.63. The van der Waals surface area contributed by atoms with Gasteiger partial charge in [0.05, 0.1) is 6.54 Å². The molecule has 0 amide bonds. The van der Waals surface area contributed by atoms with E-state index in [4.69, 9.17) is 14.4 Å². The molecule has 92 valence electrons. The van der Waals surface area contributed by atoms with Crippen molar-refractivity contribution in [3.8, 4) is 6.07 Å². The Bertz CT molecular complexity index is 402. The van der Waals surface area contributed by atoms with Gasteiger partial charge in [0.15, 0.2) is 0 Å². The zero-order valence-corrected chi connectivity index (χ0v) is 10.2. The van der Waals surface area contributed by atoms with Crippen molar-refractivity contribution < 1.29 is 9.15 Å². The summed E-state index contributed by atoms with van der Waals surface area (Å²) in [5, 5.41) is 12.0. The molecule has 0 bridgehead atoms. The van der Waals surface area contributed by atoms with Crippen LogP contribution in [0.5, 0.6) is 0 Å². The van der Waals surface area contributed by atoms with E-state index in [1.165, 1.54) is 12.8 Å². The minimum Gasteiger partial charge on any atom is -0.449 e. The molecule has 1 heterocycles. The van der Waals surface area contributed by atoms with Crippen LogP contribution in [0.25, 0.3) is 0 Å². The third-order valence-corrected chi connectivity index (χ3v) is 3.36. The lowest BCUT2D eigenvalue weighted by atomic mass is 10.0. The first-order valence-corrected chi connectivity index (χ1v) is 5.96. The number of nitrogens with one attached hydrogen (secondary N) is 1. The van der Waals surface area contributed by atoms with Crippen LogP contribution in [0.1, 0.15) is 30.8 Å². The Morgan fingerprint density at radius 1 is 1.53 bits per heavy atom. The largest absolute Gasteiger partial charge is 0.449 e. The minimum atomic E-state index is 0.377. The summed E-state index contributed by atoms with van der Waals surface area (Å²) in [6.07, 6.45) is 3.69. The van der Waals surface area contributed by atoms with Crippen molar-refractivity contribution >= 4 is 0 Å². The maximum atomic E-state index is 8.63. The maximum Gasteiger partial charge on any atom is 0.203 e. The Hall–Kier alpha value is -1.31. The summed E-state index contributed by atoms with van der Waals surface area (Å²) in [6, 6.07) is 5.53. The highest BCUT2D eigenvalue weighted by atomic mass is 16.5. The average Bonchev–Trinajstić information content (AvgIpc) is 2.96. The van der Waals surface area contributed by atoms with Gasteiger partial charge in [0, 0.05) is 20.3 Å². The van der Waals surface area contributed by atoms with Crippen LogP contribution in [0.2, 0.25) is 0 Å². The number of nitriles is 1. The van der Waals surface area contributed by atoms with Gasteiger partial charge in [0.25, 0.3) is 0 Å². The van der Waals surface area contributed by atoms with E-state index in [-0.39, 0.29) is 0 Å². The van der Waals surface area contributed by atoms with Crippen LogP contribution in [0, 0.1) is 16.7 Å². The van der Waals surface area contributed by atoms with Crippen molar-refractivity contribution in [1.82, 2.24) is 5.32 Å². The molecule has 17 heavy (non-hydrogen) atoms. The molecular formula is C13H18N2O2. The van der Waals surface area contributed by atoms with Gasteiger partial charge in [-0.3, -0.25) is 0 Å². The van der Waals surface area contributed by atoms with Gasteiger partial charge in [0.1, 0.15) is 11.8 Å². The van der Waals surface area contributed by atoms with Crippen molar-refractivity contribution in [2.24, 2.45) is 5.41 Å². The predicted molar refractivity (Wildman–Crippen MR) is 63.3 cm³/mol. The van der Waals surface area contributed by atoms with Gasteiger partial charge >= 0.3 is 0 Å². The van der Waals surface area contributed by atoms with E-state index in [0.717, 1.165) is 25.3 Å². The monoisotopic (exact) mass is 234 g/mol. The number of furan rings is 1. The third kappa shape index (κ3) is 3.32. The molecule has 4 heteroatoms. The summed E-state index contributed by atoms with van der Waals surface area (Å²) in [5.74, 6) is 1.20. The second kappa shape index (κ2) is 5.35. The van der Waals surface area contributed by atoms with Crippen LogP contribution in [0.15, 0.2) is 16.5 Å². The Kier molecular flexibility index (Phi) is 3.82. The molecule has 2 rings (SSSR count). The van der Waals surface area contributed by atoms with E-state index in [9.17, 15) is 0 Å². The van der Waals surface area contributed by atoms with Crippen LogP contribution >= 0.6 is 0 Å². The van der Waals surface area contributed by atoms with Gasteiger partial charge in [-0.25, -0.2) is 0 Å². The van der Waals surface area contributed by atoms with Crippen LogP contribution in [-0.4, -0.2) is 20.3 Å². The van der Waals surface area contributed by atoms with Gasteiger partial charge in [-0.05, 0) is 36.8 Å². The molecule has 0 spiro atoms. The molecule has 1 aliphatic carbocycles. The summed E-state index contributed by atoms with van der Waals surface area (Å²) in [4.78, 5) is 0. The molecular weight excluding hydrogens is 216 g/mol. The Labute approximate surface area is 102 Å². The van der Waals surface area contributed by atoms with Gasteiger partial charge in [-0.15, -0.1) is 0 Å². The number of hydrogen-bond acceptors (Lipinski definition) is 4. The fourth-order valence-corrected chi connectivity index (χ4v) is 1.99. The van der Waals surface area contributed by atoms with Crippen molar-refractivity contribution in [3.05, 3.63) is 23.7 Å². The van der Waals surface area contributed by atoms with E-state index >= 15 is 0 Å². The van der Waals surface area contributed by atoms with Crippen LogP contribution < -0.4 is 5.32 Å². The van der Waals surface area contributed by atoms with Gasteiger partial charge < -0.3 is 14.5 Å². The van der Waals surface area contributed by atoms with Gasteiger partial charge in [-0.1, -0.05) is 0 Å². The van der Waals surface area contributed by atoms with Crippen LogP contribution in [0.3, 0.4) is 0 Å². The highest BCUT2D eigenvalue weighted by Crippen LogP contribution is 2.48.